The molecule has 0 aromatic carbocycles. The topological polar surface area (TPSA) is 31.0 Å². The average molecular weight is 201 g/mol. The Hall–Kier alpha value is 0.0969. The lowest BCUT2D eigenvalue weighted by molar-refractivity contribution is -0.0752. The molecular weight excluding hydrogens is 184 g/mol. The van der Waals surface area contributed by atoms with Crippen LogP contribution in [0.1, 0.15) is 27.2 Å². The van der Waals surface area contributed by atoms with Crippen molar-refractivity contribution in [2.45, 2.75) is 45.0 Å². The Balaban J connectivity index is 2.30. The molecule has 0 spiro atoms. The highest BCUT2D eigenvalue weighted by Gasteiger charge is 2.31. The molecule has 3 nitrogen and oxygen atoms in total. The quantitative estimate of drug-likeness (QED) is 0.475. The van der Waals surface area contributed by atoms with E-state index in [4.69, 9.17) is 13.9 Å². The lowest BCUT2D eigenvalue weighted by Crippen LogP contribution is -2.40. The van der Waals surface area contributed by atoms with Crippen LogP contribution in [-0.2, 0) is 13.9 Å². The van der Waals surface area contributed by atoms with Crippen LogP contribution in [0.15, 0.2) is 0 Å². The number of rotatable bonds is 6. The number of hydrogen-bond donors (Lipinski definition) is 0. The lowest BCUT2D eigenvalue weighted by Gasteiger charge is -2.32. The highest BCUT2D eigenvalue weighted by atomic mass is 28.2. The summed E-state index contributed by atoms with van der Waals surface area (Å²) in [6, 6.07) is 0. The average Bonchev–Trinajstić information content (AvgIpc) is 2.89. The molecule has 0 amide bonds. The third-order valence-corrected chi connectivity index (χ3v) is 2.82. The maximum absolute atomic E-state index is 5.69. The van der Waals surface area contributed by atoms with Gasteiger partial charge in [-0.1, -0.05) is 6.92 Å². The van der Waals surface area contributed by atoms with Gasteiger partial charge in [-0.25, -0.2) is 0 Å². The maximum atomic E-state index is 5.69. The van der Waals surface area contributed by atoms with Crippen LogP contribution >= 0.6 is 0 Å². The van der Waals surface area contributed by atoms with Gasteiger partial charge in [0.1, 0.15) is 6.10 Å². The number of hydrogen-bond acceptors (Lipinski definition) is 3. The highest BCUT2D eigenvalue weighted by Crippen LogP contribution is 2.21. The van der Waals surface area contributed by atoms with E-state index in [0.717, 1.165) is 13.0 Å². The molecular formula is C9H17O3Si. The van der Waals surface area contributed by atoms with E-state index in [9.17, 15) is 0 Å². The van der Waals surface area contributed by atoms with Gasteiger partial charge in [-0.15, -0.1) is 0 Å². The van der Waals surface area contributed by atoms with Gasteiger partial charge in [0, 0.05) is 0 Å². The Bertz CT molecular complexity index is 157. The Morgan fingerprint density at radius 2 is 2.23 bits per heavy atom. The van der Waals surface area contributed by atoms with Crippen molar-refractivity contribution in [3.63, 3.8) is 0 Å². The molecule has 13 heavy (non-hydrogen) atoms. The zero-order valence-corrected chi connectivity index (χ0v) is 9.50. The van der Waals surface area contributed by atoms with E-state index in [1.807, 2.05) is 13.8 Å². The second-order valence-corrected chi connectivity index (χ2v) is 4.10. The van der Waals surface area contributed by atoms with E-state index in [1.165, 1.54) is 0 Å². The minimum atomic E-state index is -0.291. The summed E-state index contributed by atoms with van der Waals surface area (Å²) in [5.74, 6) is 0. The molecule has 0 aromatic rings. The zero-order valence-electron chi connectivity index (χ0n) is 8.50. The van der Waals surface area contributed by atoms with Crippen molar-refractivity contribution in [1.29, 1.82) is 0 Å². The number of ether oxygens (including phenoxy) is 2. The van der Waals surface area contributed by atoms with Crippen LogP contribution in [0.25, 0.3) is 0 Å². The lowest BCUT2D eigenvalue weighted by atomic mass is 10.00. The van der Waals surface area contributed by atoms with Crippen LogP contribution in [0, 0.1) is 0 Å². The molecule has 2 atom stereocenters. The Kier molecular flexibility index (Phi) is 3.91. The molecule has 0 bridgehead atoms. The van der Waals surface area contributed by atoms with E-state index in [2.05, 4.69) is 17.4 Å². The summed E-state index contributed by atoms with van der Waals surface area (Å²) in [6.07, 6.45) is 1.36. The minimum absolute atomic E-state index is 0.106. The second-order valence-electron chi connectivity index (χ2n) is 3.89. The number of epoxide rings is 1. The highest BCUT2D eigenvalue weighted by molar-refractivity contribution is 5.98. The predicted octanol–water partition coefficient (Wildman–Crippen LogP) is 1.06. The second kappa shape index (κ2) is 4.55. The molecule has 0 aliphatic carbocycles. The maximum Gasteiger partial charge on any atom is 0.247 e. The van der Waals surface area contributed by atoms with Gasteiger partial charge in [0.15, 0.2) is 0 Å². The molecule has 1 saturated heterocycles. The summed E-state index contributed by atoms with van der Waals surface area (Å²) < 4.78 is 15.9. The molecule has 1 fully saturated rings. The monoisotopic (exact) mass is 201 g/mol. The summed E-state index contributed by atoms with van der Waals surface area (Å²) in [5, 5.41) is 0. The first-order chi connectivity index (χ1) is 6.10. The van der Waals surface area contributed by atoms with Crippen molar-refractivity contribution in [1.82, 2.24) is 0 Å². The van der Waals surface area contributed by atoms with Crippen molar-refractivity contribution in [2.75, 3.05) is 13.2 Å². The summed E-state index contributed by atoms with van der Waals surface area (Å²) in [4.78, 5) is 0. The van der Waals surface area contributed by atoms with Crippen molar-refractivity contribution in [3.8, 4) is 0 Å². The van der Waals surface area contributed by atoms with Crippen molar-refractivity contribution < 1.29 is 13.9 Å². The summed E-state index contributed by atoms with van der Waals surface area (Å²) in [7, 11) is 3.07. The fraction of sp³-hybridized carbons (Fsp3) is 1.00. The molecule has 0 aromatic heterocycles. The van der Waals surface area contributed by atoms with Crippen molar-refractivity contribution >= 4 is 10.5 Å². The van der Waals surface area contributed by atoms with Gasteiger partial charge < -0.3 is 13.9 Å². The summed E-state index contributed by atoms with van der Waals surface area (Å²) in [5.41, 5.74) is -0.291. The van der Waals surface area contributed by atoms with Crippen LogP contribution in [0.3, 0.4) is 0 Å². The third-order valence-electron chi connectivity index (χ3n) is 2.29. The van der Waals surface area contributed by atoms with Gasteiger partial charge in [0.2, 0.25) is 10.5 Å². The van der Waals surface area contributed by atoms with E-state index >= 15 is 0 Å². The van der Waals surface area contributed by atoms with E-state index in [-0.39, 0.29) is 11.7 Å². The van der Waals surface area contributed by atoms with Gasteiger partial charge >= 0.3 is 0 Å². The van der Waals surface area contributed by atoms with Gasteiger partial charge in [-0.2, -0.15) is 0 Å². The summed E-state index contributed by atoms with van der Waals surface area (Å²) in [6.45, 7) is 7.61. The molecule has 1 aliphatic heterocycles. The van der Waals surface area contributed by atoms with Crippen LogP contribution in [0.5, 0.6) is 0 Å². The first-order valence-corrected chi connectivity index (χ1v) is 5.09. The molecule has 0 N–H and O–H groups in total. The molecule has 1 heterocycles. The standard InChI is InChI=1S/C9H17O3Si/c1-4-8(9(2,3)12-13)11-6-7-5-10-7/h7-8H,4-6H2,1-3H3. The normalized spacial score (nSPS) is 24.5. The van der Waals surface area contributed by atoms with E-state index in [1.54, 1.807) is 0 Å². The third kappa shape index (κ3) is 3.38. The van der Waals surface area contributed by atoms with Gasteiger partial charge in [-0.05, 0) is 20.3 Å². The first-order valence-electron chi connectivity index (χ1n) is 4.68. The SMILES string of the molecule is CCC(OCC1CO1)C(C)(C)O[Si]. The van der Waals surface area contributed by atoms with E-state index < -0.39 is 0 Å². The van der Waals surface area contributed by atoms with Crippen LogP contribution < -0.4 is 0 Å². The van der Waals surface area contributed by atoms with Gasteiger partial charge in [0.25, 0.3) is 0 Å². The van der Waals surface area contributed by atoms with Crippen LogP contribution in [-0.4, -0.2) is 41.5 Å². The summed E-state index contributed by atoms with van der Waals surface area (Å²) >= 11 is 0. The molecule has 4 heteroatoms. The Labute approximate surface area is 83.3 Å². The molecule has 3 radical (unpaired) electrons. The van der Waals surface area contributed by atoms with Crippen LogP contribution in [0.4, 0.5) is 0 Å². The predicted molar refractivity (Wildman–Crippen MR) is 50.7 cm³/mol. The molecule has 2 unspecified atom stereocenters. The molecule has 75 valence electrons. The van der Waals surface area contributed by atoms with Crippen molar-refractivity contribution in [2.24, 2.45) is 0 Å². The smallest absolute Gasteiger partial charge is 0.247 e. The molecule has 1 rings (SSSR count). The van der Waals surface area contributed by atoms with Crippen LogP contribution in [0.2, 0.25) is 0 Å². The van der Waals surface area contributed by atoms with E-state index in [0.29, 0.717) is 12.7 Å². The molecule has 0 saturated carbocycles. The van der Waals surface area contributed by atoms with Gasteiger partial charge in [-0.3, -0.25) is 0 Å². The minimum Gasteiger partial charge on any atom is -0.411 e. The Morgan fingerprint density at radius 3 is 2.62 bits per heavy atom. The largest absolute Gasteiger partial charge is 0.411 e. The fourth-order valence-electron chi connectivity index (χ4n) is 1.26. The van der Waals surface area contributed by atoms with Gasteiger partial charge in [0.05, 0.1) is 24.9 Å². The van der Waals surface area contributed by atoms with Crippen molar-refractivity contribution in [3.05, 3.63) is 0 Å². The molecule has 1 aliphatic rings. The first kappa shape index (κ1) is 11.2. The fourth-order valence-corrected chi connectivity index (χ4v) is 1.40. The Morgan fingerprint density at radius 1 is 1.62 bits per heavy atom. The zero-order chi connectivity index (χ0) is 9.90.